The smallest absolute Gasteiger partial charge is 0.390 e. The molecular weight excluding hydrogens is 547 g/mol. The number of nitrogens with one attached hydrogen (secondary N) is 1. The van der Waals surface area contributed by atoms with E-state index in [0.29, 0.717) is 59.7 Å². The van der Waals surface area contributed by atoms with Gasteiger partial charge >= 0.3 is 6.18 Å². The van der Waals surface area contributed by atoms with Crippen LogP contribution in [0.2, 0.25) is 5.02 Å². The maximum atomic E-state index is 13.2. The van der Waals surface area contributed by atoms with E-state index in [9.17, 15) is 23.4 Å². The maximum absolute atomic E-state index is 13.2. The average Bonchev–Trinajstić information content (AvgIpc) is 3.54. The highest BCUT2D eigenvalue weighted by atomic mass is 35.5. The van der Waals surface area contributed by atoms with Gasteiger partial charge in [-0.1, -0.05) is 11.6 Å². The number of benzene rings is 1. The number of hydrogen-bond acceptors (Lipinski definition) is 7. The van der Waals surface area contributed by atoms with Gasteiger partial charge in [-0.15, -0.1) is 0 Å². The van der Waals surface area contributed by atoms with Crippen molar-refractivity contribution in [1.29, 1.82) is 0 Å². The second-order valence-electron chi connectivity index (χ2n) is 11.3. The lowest BCUT2D eigenvalue weighted by atomic mass is 9.76. The lowest BCUT2D eigenvalue weighted by Gasteiger charge is -2.42. The molecule has 6 rings (SSSR count). The summed E-state index contributed by atoms with van der Waals surface area (Å²) in [6.07, 6.45) is 1.08. The minimum atomic E-state index is -4.52. The summed E-state index contributed by atoms with van der Waals surface area (Å²) in [5, 5.41) is 22.1. The highest BCUT2D eigenvalue weighted by Gasteiger charge is 2.44. The van der Waals surface area contributed by atoms with Crippen LogP contribution in [0.4, 0.5) is 19.0 Å². The molecule has 214 valence electrons. The maximum Gasteiger partial charge on any atom is 0.417 e. The topological polar surface area (TPSA) is 129 Å². The normalized spacial score (nSPS) is 27.2. The van der Waals surface area contributed by atoms with Crippen molar-refractivity contribution in [1.82, 2.24) is 29.4 Å². The second-order valence-corrected chi connectivity index (χ2v) is 11.7. The number of fused-ring (bicyclic) bond motifs is 2. The molecule has 5 N–H and O–H groups in total. The third-order valence-electron chi connectivity index (χ3n) is 8.74. The number of aromatic amines is 1. The molecule has 9 nitrogen and oxygen atoms in total. The Labute approximate surface area is 233 Å². The summed E-state index contributed by atoms with van der Waals surface area (Å²) in [7, 11) is 2.05. The van der Waals surface area contributed by atoms with Crippen molar-refractivity contribution < 1.29 is 23.4 Å². The van der Waals surface area contributed by atoms with Crippen LogP contribution in [0.15, 0.2) is 30.7 Å². The molecule has 3 heterocycles. The summed E-state index contributed by atoms with van der Waals surface area (Å²) in [5.74, 6) is 1.43. The number of nitrogens with zero attached hydrogens (tertiary/aromatic N) is 5. The SMILES string of the molecule is CN(CC1C[C@@H](n2ccc3c(N)ncnc32)[C@H](O)[C@@H]1O)C1CC(CCc2nc3cc(Cl)c(C(F)(F)F)cc3[nH]2)C1. The van der Waals surface area contributed by atoms with E-state index < -0.39 is 23.9 Å². The van der Waals surface area contributed by atoms with Crippen molar-refractivity contribution >= 4 is 39.5 Å². The van der Waals surface area contributed by atoms with Crippen LogP contribution in [-0.4, -0.2) is 71.5 Å². The predicted octanol–water partition coefficient (Wildman–Crippen LogP) is 4.19. The summed E-state index contributed by atoms with van der Waals surface area (Å²) < 4.78 is 41.4. The summed E-state index contributed by atoms with van der Waals surface area (Å²) in [5.41, 5.74) is 6.50. The average molecular weight is 578 g/mol. The van der Waals surface area contributed by atoms with Gasteiger partial charge in [0.15, 0.2) is 0 Å². The fourth-order valence-electron chi connectivity index (χ4n) is 6.39. The molecule has 1 unspecified atom stereocenters. The number of hydrogen-bond donors (Lipinski definition) is 4. The van der Waals surface area contributed by atoms with Gasteiger partial charge in [-0.3, -0.25) is 0 Å². The van der Waals surface area contributed by atoms with Crippen molar-refractivity contribution in [3.8, 4) is 0 Å². The zero-order valence-corrected chi connectivity index (χ0v) is 22.6. The zero-order valence-electron chi connectivity index (χ0n) is 21.8. The van der Waals surface area contributed by atoms with E-state index in [-0.39, 0.29) is 17.0 Å². The lowest BCUT2D eigenvalue weighted by molar-refractivity contribution is -0.137. The molecule has 3 aromatic heterocycles. The number of aromatic nitrogens is 5. The Morgan fingerprint density at radius 3 is 2.70 bits per heavy atom. The predicted molar refractivity (Wildman–Crippen MR) is 145 cm³/mol. The number of H-pyrrole nitrogens is 1. The third kappa shape index (κ3) is 4.91. The molecule has 0 aliphatic heterocycles. The molecule has 0 saturated heterocycles. The number of imidazole rings is 1. The molecule has 4 aromatic rings. The van der Waals surface area contributed by atoms with Gasteiger partial charge in [-0.2, -0.15) is 13.2 Å². The van der Waals surface area contributed by atoms with Gasteiger partial charge in [0.2, 0.25) is 0 Å². The Balaban J connectivity index is 1.02. The van der Waals surface area contributed by atoms with Crippen LogP contribution in [0.1, 0.15) is 43.1 Å². The number of rotatable bonds is 7. The van der Waals surface area contributed by atoms with Crippen molar-refractivity contribution in [3.05, 3.63) is 47.1 Å². The molecule has 2 fully saturated rings. The first-order valence-electron chi connectivity index (χ1n) is 13.4. The van der Waals surface area contributed by atoms with Gasteiger partial charge in [0, 0.05) is 31.1 Å². The van der Waals surface area contributed by atoms with Crippen LogP contribution < -0.4 is 5.73 Å². The minimum absolute atomic E-state index is 0.0929. The molecule has 0 radical (unpaired) electrons. The molecule has 2 saturated carbocycles. The first kappa shape index (κ1) is 27.3. The zero-order chi connectivity index (χ0) is 28.3. The fourth-order valence-corrected chi connectivity index (χ4v) is 6.66. The van der Waals surface area contributed by atoms with E-state index in [1.54, 1.807) is 0 Å². The van der Waals surface area contributed by atoms with E-state index >= 15 is 0 Å². The van der Waals surface area contributed by atoms with Gasteiger partial charge in [0.1, 0.15) is 29.7 Å². The van der Waals surface area contributed by atoms with Crippen LogP contribution in [0.3, 0.4) is 0 Å². The van der Waals surface area contributed by atoms with Gasteiger partial charge in [-0.25, -0.2) is 15.0 Å². The summed E-state index contributed by atoms with van der Waals surface area (Å²) in [6, 6.07) is 4.17. The van der Waals surface area contributed by atoms with Crippen molar-refractivity contribution in [2.45, 2.75) is 62.6 Å². The van der Waals surface area contributed by atoms with E-state index in [4.69, 9.17) is 17.3 Å². The van der Waals surface area contributed by atoms with E-state index in [1.165, 1.54) is 12.4 Å². The number of aliphatic hydroxyl groups is 2. The van der Waals surface area contributed by atoms with Crippen LogP contribution in [-0.2, 0) is 12.6 Å². The number of nitrogen functional groups attached to an aromatic ring is 1. The second kappa shape index (κ2) is 10.2. The summed E-state index contributed by atoms with van der Waals surface area (Å²) in [4.78, 5) is 18.1. The first-order chi connectivity index (χ1) is 19.0. The fraction of sp³-hybridized carbons (Fsp3) is 0.519. The highest BCUT2D eigenvalue weighted by Crippen LogP contribution is 2.41. The molecule has 2 aliphatic carbocycles. The first-order valence-corrected chi connectivity index (χ1v) is 13.8. The Morgan fingerprint density at radius 1 is 1.18 bits per heavy atom. The Morgan fingerprint density at radius 2 is 1.95 bits per heavy atom. The summed E-state index contributed by atoms with van der Waals surface area (Å²) >= 11 is 5.82. The van der Waals surface area contributed by atoms with Crippen LogP contribution in [0.25, 0.3) is 22.1 Å². The lowest BCUT2D eigenvalue weighted by Crippen LogP contribution is -2.46. The van der Waals surface area contributed by atoms with E-state index in [1.807, 2.05) is 23.9 Å². The van der Waals surface area contributed by atoms with E-state index in [0.717, 1.165) is 30.7 Å². The van der Waals surface area contributed by atoms with Gasteiger partial charge in [0.25, 0.3) is 0 Å². The van der Waals surface area contributed by atoms with Crippen LogP contribution in [0.5, 0.6) is 0 Å². The molecule has 1 aromatic carbocycles. The number of anilines is 1. The quantitative estimate of drug-likeness (QED) is 0.259. The molecule has 0 amide bonds. The van der Waals surface area contributed by atoms with Gasteiger partial charge in [0.05, 0.1) is 39.2 Å². The Bertz CT molecular complexity index is 1530. The van der Waals surface area contributed by atoms with Crippen LogP contribution >= 0.6 is 11.6 Å². The molecule has 0 bridgehead atoms. The van der Waals surface area contributed by atoms with Gasteiger partial charge < -0.3 is 30.4 Å². The molecule has 4 atom stereocenters. The number of aliphatic hydroxyl groups excluding tert-OH is 2. The van der Waals surface area contributed by atoms with Crippen molar-refractivity contribution in [3.63, 3.8) is 0 Å². The standard InChI is InChI=1S/C27H31ClF3N7O2/c1-37(11-14-8-21(24(40)23(14)39)38-5-4-16-25(32)33-12-34-26(16)38)15-6-13(7-15)2-3-22-35-19-9-17(27(29,30)31)18(28)10-20(19)36-22/h4-5,9-10,12-15,21,23-24,39-40H,2-3,6-8,11H2,1H3,(H,35,36)(H2,32,33,34)/t13?,14?,15?,21-,23-,24+/m1/s1. The largest absolute Gasteiger partial charge is 0.417 e. The van der Waals surface area contributed by atoms with Crippen molar-refractivity contribution in [2.75, 3.05) is 19.3 Å². The number of nitrogens with two attached hydrogens (primary N) is 1. The van der Waals surface area contributed by atoms with Crippen LogP contribution in [0, 0.1) is 11.8 Å². The molecule has 13 heteroatoms. The molecular formula is C27H31ClF3N7O2. The Kier molecular flexibility index (Phi) is 6.92. The molecule has 40 heavy (non-hydrogen) atoms. The van der Waals surface area contributed by atoms with Crippen molar-refractivity contribution in [2.24, 2.45) is 11.8 Å². The number of alkyl halides is 3. The number of halogens is 4. The summed E-state index contributed by atoms with van der Waals surface area (Å²) in [6.45, 7) is 0.661. The molecule has 2 aliphatic rings. The monoisotopic (exact) mass is 577 g/mol. The molecule has 0 spiro atoms. The minimum Gasteiger partial charge on any atom is -0.390 e. The number of aryl methyl sites for hydroxylation is 1. The third-order valence-corrected chi connectivity index (χ3v) is 9.05. The highest BCUT2D eigenvalue weighted by molar-refractivity contribution is 6.32. The van der Waals surface area contributed by atoms with Gasteiger partial charge in [-0.05, 0) is 56.8 Å². The van der Waals surface area contributed by atoms with E-state index in [2.05, 4.69) is 24.8 Å². The Hall–Kier alpha value is -2.93.